The van der Waals surface area contributed by atoms with Crippen LogP contribution in [0.3, 0.4) is 0 Å². The normalized spacial score (nSPS) is 16.4. The van der Waals surface area contributed by atoms with Gasteiger partial charge in [-0.3, -0.25) is 9.59 Å². The van der Waals surface area contributed by atoms with Crippen molar-refractivity contribution < 1.29 is 9.59 Å². The van der Waals surface area contributed by atoms with E-state index < -0.39 is 0 Å². The van der Waals surface area contributed by atoms with E-state index in [1.54, 1.807) is 17.9 Å². The molecule has 0 unspecified atom stereocenters. The lowest BCUT2D eigenvalue weighted by Crippen LogP contribution is -2.34. The minimum absolute atomic E-state index is 0.0793. The maximum absolute atomic E-state index is 12.3. The molecule has 0 aliphatic carbocycles. The molecule has 7 heteroatoms. The van der Waals surface area contributed by atoms with Crippen molar-refractivity contribution in [1.29, 1.82) is 0 Å². The summed E-state index contributed by atoms with van der Waals surface area (Å²) in [7, 11) is 1.84. The van der Waals surface area contributed by atoms with Crippen molar-refractivity contribution in [2.45, 2.75) is 26.8 Å². The minimum Gasteiger partial charge on any atom is -0.341 e. The standard InChI is InChI=1S/C22H25N5O2/c1-4-5-6-15(2)21(28)23-19-14-20-26(11-12-27(20)24-19)17-7-8-18-16(13-17)9-10-25(3)22(18)29/h4-8,13-14H,9-12H2,1-3H3,(H,23,24,28)/b5-4-,15-6+. The predicted octanol–water partition coefficient (Wildman–Crippen LogP) is 3.12. The van der Waals surface area contributed by atoms with Gasteiger partial charge in [0.15, 0.2) is 5.82 Å². The number of hydrogen-bond donors (Lipinski definition) is 1. The van der Waals surface area contributed by atoms with Crippen LogP contribution < -0.4 is 10.2 Å². The quantitative estimate of drug-likeness (QED) is 0.642. The Morgan fingerprint density at radius 2 is 2.03 bits per heavy atom. The summed E-state index contributed by atoms with van der Waals surface area (Å²) in [4.78, 5) is 28.6. The van der Waals surface area contributed by atoms with E-state index in [2.05, 4.69) is 21.4 Å². The molecule has 0 bridgehead atoms. The van der Waals surface area contributed by atoms with E-state index in [1.807, 2.05) is 49.0 Å². The van der Waals surface area contributed by atoms with Gasteiger partial charge in [-0.15, -0.1) is 0 Å². The molecule has 4 rings (SSSR count). The number of carbonyl (C=O) groups is 2. The largest absolute Gasteiger partial charge is 0.341 e. The van der Waals surface area contributed by atoms with Crippen molar-refractivity contribution in [3.8, 4) is 0 Å². The number of amides is 2. The molecule has 3 heterocycles. The Morgan fingerprint density at radius 1 is 1.21 bits per heavy atom. The molecule has 1 N–H and O–H groups in total. The van der Waals surface area contributed by atoms with E-state index in [1.165, 1.54) is 0 Å². The van der Waals surface area contributed by atoms with Crippen molar-refractivity contribution in [3.05, 3.63) is 59.2 Å². The third kappa shape index (κ3) is 3.55. The zero-order chi connectivity index (χ0) is 20.5. The van der Waals surface area contributed by atoms with Crippen molar-refractivity contribution in [3.63, 3.8) is 0 Å². The molecule has 2 aromatic rings. The van der Waals surface area contributed by atoms with Crippen molar-refractivity contribution >= 4 is 29.1 Å². The number of benzene rings is 1. The smallest absolute Gasteiger partial charge is 0.253 e. The lowest BCUT2D eigenvalue weighted by atomic mass is 9.98. The minimum atomic E-state index is -0.164. The molecule has 2 aliphatic rings. The summed E-state index contributed by atoms with van der Waals surface area (Å²) in [5, 5.41) is 7.38. The number of allylic oxidation sites excluding steroid dienone is 3. The monoisotopic (exact) mass is 391 g/mol. The van der Waals surface area contributed by atoms with E-state index in [0.717, 1.165) is 48.7 Å². The molecule has 2 amide bonds. The van der Waals surface area contributed by atoms with Gasteiger partial charge in [-0.25, -0.2) is 4.68 Å². The molecule has 0 saturated heterocycles. The maximum atomic E-state index is 12.3. The second-order valence-electron chi connectivity index (χ2n) is 7.41. The number of aromatic nitrogens is 2. The molecule has 0 fully saturated rings. The van der Waals surface area contributed by atoms with Crippen LogP contribution in [0.1, 0.15) is 29.8 Å². The molecule has 0 saturated carbocycles. The zero-order valence-electron chi connectivity index (χ0n) is 17.0. The van der Waals surface area contributed by atoms with Crippen LogP contribution in [-0.2, 0) is 17.8 Å². The van der Waals surface area contributed by atoms with E-state index >= 15 is 0 Å². The molecule has 2 aliphatic heterocycles. The first kappa shape index (κ1) is 19.0. The second kappa shape index (κ2) is 7.58. The first-order chi connectivity index (χ1) is 14.0. The molecule has 0 atom stereocenters. The van der Waals surface area contributed by atoms with Crippen molar-refractivity contribution in [1.82, 2.24) is 14.7 Å². The number of carbonyl (C=O) groups excluding carboxylic acids is 2. The zero-order valence-corrected chi connectivity index (χ0v) is 17.0. The topological polar surface area (TPSA) is 70.5 Å². The van der Waals surface area contributed by atoms with Crippen LogP contribution >= 0.6 is 0 Å². The first-order valence-electron chi connectivity index (χ1n) is 9.82. The van der Waals surface area contributed by atoms with Crippen LogP contribution in [0.2, 0.25) is 0 Å². The molecular formula is C22H25N5O2. The van der Waals surface area contributed by atoms with Gasteiger partial charge in [0.2, 0.25) is 0 Å². The summed E-state index contributed by atoms with van der Waals surface area (Å²) in [5.41, 5.74) is 3.53. The summed E-state index contributed by atoms with van der Waals surface area (Å²) in [6.45, 7) is 5.98. The Labute approximate surface area is 170 Å². The number of anilines is 3. The molecule has 1 aromatic heterocycles. The van der Waals surface area contributed by atoms with Crippen molar-refractivity contribution in [2.24, 2.45) is 0 Å². The molecular weight excluding hydrogens is 366 g/mol. The summed E-state index contributed by atoms with van der Waals surface area (Å²) in [6.07, 6.45) is 6.35. The number of fused-ring (bicyclic) bond motifs is 2. The Kier molecular flexibility index (Phi) is 4.96. The number of rotatable bonds is 4. The number of likely N-dealkylation sites (N-methyl/N-ethyl adjacent to an activating group) is 1. The average Bonchev–Trinajstić information content (AvgIpc) is 3.28. The predicted molar refractivity (Wildman–Crippen MR) is 114 cm³/mol. The summed E-state index contributed by atoms with van der Waals surface area (Å²) < 4.78 is 1.90. The molecule has 0 radical (unpaired) electrons. The fourth-order valence-corrected chi connectivity index (χ4v) is 3.71. The highest BCUT2D eigenvalue weighted by atomic mass is 16.2. The van der Waals surface area contributed by atoms with Gasteiger partial charge in [-0.1, -0.05) is 18.2 Å². The van der Waals surface area contributed by atoms with Gasteiger partial charge in [0.25, 0.3) is 11.8 Å². The highest BCUT2D eigenvalue weighted by Gasteiger charge is 2.26. The van der Waals surface area contributed by atoms with Crippen LogP contribution in [0, 0.1) is 0 Å². The number of hydrogen-bond acceptors (Lipinski definition) is 4. The first-order valence-corrected chi connectivity index (χ1v) is 9.82. The van der Waals surface area contributed by atoms with Gasteiger partial charge < -0.3 is 15.1 Å². The molecule has 150 valence electrons. The van der Waals surface area contributed by atoms with Gasteiger partial charge in [-0.2, -0.15) is 5.10 Å². The number of nitrogens with one attached hydrogen (secondary N) is 1. The summed E-state index contributed by atoms with van der Waals surface area (Å²) in [5.74, 6) is 1.39. The summed E-state index contributed by atoms with van der Waals surface area (Å²) in [6, 6.07) is 7.90. The third-order valence-corrected chi connectivity index (χ3v) is 5.40. The van der Waals surface area contributed by atoms with Crippen LogP contribution in [0.4, 0.5) is 17.3 Å². The third-order valence-electron chi connectivity index (χ3n) is 5.40. The van der Waals surface area contributed by atoms with Gasteiger partial charge in [0.05, 0.1) is 6.54 Å². The van der Waals surface area contributed by atoms with E-state index in [0.29, 0.717) is 11.4 Å². The Bertz CT molecular complexity index is 1030. The summed E-state index contributed by atoms with van der Waals surface area (Å²) >= 11 is 0. The Balaban J connectivity index is 1.55. The van der Waals surface area contributed by atoms with Crippen molar-refractivity contribution in [2.75, 3.05) is 30.4 Å². The van der Waals surface area contributed by atoms with Gasteiger partial charge in [0.1, 0.15) is 5.82 Å². The van der Waals surface area contributed by atoms with E-state index in [-0.39, 0.29) is 11.8 Å². The van der Waals surface area contributed by atoms with E-state index in [9.17, 15) is 9.59 Å². The van der Waals surface area contributed by atoms with E-state index in [4.69, 9.17) is 0 Å². The Hall–Kier alpha value is -3.35. The maximum Gasteiger partial charge on any atom is 0.253 e. The Morgan fingerprint density at radius 3 is 2.83 bits per heavy atom. The average molecular weight is 391 g/mol. The van der Waals surface area contributed by atoms with Gasteiger partial charge in [0, 0.05) is 43.0 Å². The lowest BCUT2D eigenvalue weighted by Gasteiger charge is -2.26. The van der Waals surface area contributed by atoms with Gasteiger partial charge >= 0.3 is 0 Å². The van der Waals surface area contributed by atoms with Crippen LogP contribution in [0.15, 0.2) is 48.1 Å². The molecule has 7 nitrogen and oxygen atoms in total. The fraction of sp³-hybridized carbons (Fsp3) is 0.318. The SMILES string of the molecule is C/C=C\C=C(/C)C(=O)Nc1cc2n(n1)CCN2c1ccc2c(c1)CCN(C)C2=O. The highest BCUT2D eigenvalue weighted by molar-refractivity contribution is 6.03. The molecule has 29 heavy (non-hydrogen) atoms. The molecule has 1 aromatic carbocycles. The second-order valence-corrected chi connectivity index (χ2v) is 7.41. The van der Waals surface area contributed by atoms with Crippen LogP contribution in [-0.4, -0.2) is 46.6 Å². The fourth-order valence-electron chi connectivity index (χ4n) is 3.71. The lowest BCUT2D eigenvalue weighted by molar-refractivity contribution is -0.112. The van der Waals surface area contributed by atoms with Crippen LogP contribution in [0.5, 0.6) is 0 Å². The number of nitrogens with zero attached hydrogens (tertiary/aromatic N) is 4. The van der Waals surface area contributed by atoms with Gasteiger partial charge in [-0.05, 0) is 44.0 Å². The molecule has 0 spiro atoms. The van der Waals surface area contributed by atoms with Crippen LogP contribution in [0.25, 0.3) is 0 Å². The highest BCUT2D eigenvalue weighted by Crippen LogP contribution is 2.34.